The molecule has 3 heterocycles. The number of thiophene rings is 1. The van der Waals surface area contributed by atoms with Gasteiger partial charge < -0.3 is 0 Å². The monoisotopic (exact) mass is 616 g/mol. The van der Waals surface area contributed by atoms with Gasteiger partial charge in [-0.2, -0.15) is 0 Å². The Hall–Kier alpha value is -6.04. The van der Waals surface area contributed by atoms with Crippen molar-refractivity contribution in [3.05, 3.63) is 146 Å². The van der Waals surface area contributed by atoms with Gasteiger partial charge in [-0.05, 0) is 55.9 Å². The average Bonchev–Trinajstić information content (AvgIpc) is 3.53. The number of hydrogen-bond acceptors (Lipinski definition) is 5. The molecule has 0 radical (unpaired) electrons. The molecule has 218 valence electrons. The van der Waals surface area contributed by atoms with Gasteiger partial charge in [-0.15, -0.1) is 11.3 Å². The Balaban J connectivity index is 1.25. The number of aromatic nitrogens is 4. The zero-order valence-corrected chi connectivity index (χ0v) is 25.9. The summed E-state index contributed by atoms with van der Waals surface area (Å²) >= 11 is 1.78. The fourth-order valence-corrected chi connectivity index (χ4v) is 8.15. The standard InChI is InChI=1S/C42H24N4S/c1-2-9-27(10-3-1)40-44-41(29-17-15-26-18-19-34-32-20-21-43-24-37(32)47-39(34)35(26)23-29)46-42(45-40)36-22-28-16-14-25-8-4-5-11-30(25)38(28)33-13-7-6-12-31(33)36/h1-24H. The quantitative estimate of drug-likeness (QED) is 0.185. The second kappa shape index (κ2) is 10.2. The van der Waals surface area contributed by atoms with Crippen LogP contribution in [-0.4, -0.2) is 19.9 Å². The predicted octanol–water partition coefficient (Wildman–Crippen LogP) is 11.2. The Labute approximate surface area is 273 Å². The summed E-state index contributed by atoms with van der Waals surface area (Å²) < 4.78 is 2.43. The first-order valence-electron chi connectivity index (χ1n) is 15.6. The van der Waals surface area contributed by atoms with Crippen LogP contribution in [0, 0.1) is 0 Å². The van der Waals surface area contributed by atoms with Gasteiger partial charge in [-0.3, -0.25) is 4.98 Å². The molecule has 10 aromatic rings. The molecule has 3 aromatic heterocycles. The largest absolute Gasteiger partial charge is 0.263 e. The predicted molar refractivity (Wildman–Crippen MR) is 197 cm³/mol. The van der Waals surface area contributed by atoms with Crippen LogP contribution in [0.2, 0.25) is 0 Å². The molecule has 0 bridgehead atoms. The summed E-state index contributed by atoms with van der Waals surface area (Å²) in [7, 11) is 0. The zero-order chi connectivity index (χ0) is 30.9. The van der Waals surface area contributed by atoms with Gasteiger partial charge >= 0.3 is 0 Å². The summed E-state index contributed by atoms with van der Waals surface area (Å²) in [5.74, 6) is 1.96. The second-order valence-electron chi connectivity index (χ2n) is 11.9. The minimum atomic E-state index is 0.651. The van der Waals surface area contributed by atoms with Crippen molar-refractivity contribution in [2.24, 2.45) is 0 Å². The van der Waals surface area contributed by atoms with E-state index in [1.165, 1.54) is 52.5 Å². The third-order valence-corrected chi connectivity index (χ3v) is 10.4. The van der Waals surface area contributed by atoms with Crippen LogP contribution in [0.15, 0.2) is 146 Å². The van der Waals surface area contributed by atoms with Crippen LogP contribution in [0.3, 0.4) is 0 Å². The summed E-state index contributed by atoms with van der Waals surface area (Å²) in [4.78, 5) is 19.8. The SMILES string of the molecule is c1ccc(-c2nc(-c3ccc4ccc5c6ccncc6sc5c4c3)nc(-c3cc4ccc5ccccc5c4c4ccccc34)n2)cc1. The van der Waals surface area contributed by atoms with E-state index in [0.29, 0.717) is 17.5 Å². The molecule has 4 nitrogen and oxygen atoms in total. The van der Waals surface area contributed by atoms with Gasteiger partial charge in [0.15, 0.2) is 17.5 Å². The van der Waals surface area contributed by atoms with E-state index in [1.807, 2.05) is 30.6 Å². The van der Waals surface area contributed by atoms with Crippen LogP contribution in [0.25, 0.3) is 97.4 Å². The third kappa shape index (κ3) is 4.14. The average molecular weight is 617 g/mol. The maximum atomic E-state index is 5.22. The lowest BCUT2D eigenvalue weighted by molar-refractivity contribution is 1.08. The summed E-state index contributed by atoms with van der Waals surface area (Å²) in [6.07, 6.45) is 3.82. The van der Waals surface area contributed by atoms with Crippen molar-refractivity contribution in [3.8, 4) is 34.2 Å². The molecule has 0 spiro atoms. The summed E-state index contributed by atoms with van der Waals surface area (Å²) in [5, 5.41) is 12.0. The number of rotatable bonds is 3. The molecule has 0 saturated heterocycles. The molecule has 0 N–H and O–H groups in total. The van der Waals surface area contributed by atoms with Gasteiger partial charge in [0.1, 0.15) is 0 Å². The highest BCUT2D eigenvalue weighted by Crippen LogP contribution is 2.41. The third-order valence-electron chi connectivity index (χ3n) is 9.17. The molecule has 5 heteroatoms. The number of fused-ring (bicyclic) bond motifs is 10. The maximum Gasteiger partial charge on any atom is 0.164 e. The molecule has 0 fully saturated rings. The first-order chi connectivity index (χ1) is 23.3. The Morgan fingerprint density at radius 1 is 0.426 bits per heavy atom. The van der Waals surface area contributed by atoms with E-state index in [-0.39, 0.29) is 0 Å². The number of nitrogens with zero attached hydrogens (tertiary/aromatic N) is 4. The normalized spacial score (nSPS) is 11.8. The highest BCUT2D eigenvalue weighted by molar-refractivity contribution is 7.26. The summed E-state index contributed by atoms with van der Waals surface area (Å²) in [6.45, 7) is 0. The van der Waals surface area contributed by atoms with Crippen LogP contribution in [0.1, 0.15) is 0 Å². The van der Waals surface area contributed by atoms with Crippen LogP contribution in [-0.2, 0) is 0 Å². The first-order valence-corrected chi connectivity index (χ1v) is 16.4. The number of hydrogen-bond donors (Lipinski definition) is 0. The van der Waals surface area contributed by atoms with E-state index >= 15 is 0 Å². The van der Waals surface area contributed by atoms with Crippen molar-refractivity contribution in [3.63, 3.8) is 0 Å². The van der Waals surface area contributed by atoms with E-state index in [2.05, 4.69) is 120 Å². The molecule has 0 atom stereocenters. The Kier molecular flexibility index (Phi) is 5.71. The van der Waals surface area contributed by atoms with E-state index < -0.39 is 0 Å². The fourth-order valence-electron chi connectivity index (χ4n) is 6.95. The lowest BCUT2D eigenvalue weighted by atomic mass is 9.93. The van der Waals surface area contributed by atoms with Gasteiger partial charge in [0, 0.05) is 49.9 Å². The molecule has 7 aromatic carbocycles. The molecule has 0 saturated carbocycles. The topological polar surface area (TPSA) is 51.6 Å². The molecule has 0 aliphatic rings. The fraction of sp³-hybridized carbons (Fsp3) is 0. The van der Waals surface area contributed by atoms with Crippen molar-refractivity contribution in [2.45, 2.75) is 0 Å². The van der Waals surface area contributed by atoms with Crippen LogP contribution >= 0.6 is 11.3 Å². The molecule has 0 unspecified atom stereocenters. The van der Waals surface area contributed by atoms with Gasteiger partial charge in [0.25, 0.3) is 0 Å². The van der Waals surface area contributed by atoms with Gasteiger partial charge in [0.2, 0.25) is 0 Å². The summed E-state index contributed by atoms with van der Waals surface area (Å²) in [6, 6.07) is 47.1. The van der Waals surface area contributed by atoms with Crippen LogP contribution < -0.4 is 0 Å². The maximum absolute atomic E-state index is 5.22. The highest BCUT2D eigenvalue weighted by Gasteiger charge is 2.18. The van der Waals surface area contributed by atoms with Crippen molar-refractivity contribution in [2.75, 3.05) is 0 Å². The van der Waals surface area contributed by atoms with Crippen LogP contribution in [0.5, 0.6) is 0 Å². The van der Waals surface area contributed by atoms with E-state index in [4.69, 9.17) is 15.0 Å². The Morgan fingerprint density at radius 2 is 1.11 bits per heavy atom. The highest BCUT2D eigenvalue weighted by atomic mass is 32.1. The lowest BCUT2D eigenvalue weighted by Crippen LogP contribution is -2.01. The smallest absolute Gasteiger partial charge is 0.164 e. The lowest BCUT2D eigenvalue weighted by Gasteiger charge is -2.14. The van der Waals surface area contributed by atoms with Crippen molar-refractivity contribution >= 4 is 74.6 Å². The van der Waals surface area contributed by atoms with Crippen molar-refractivity contribution in [1.82, 2.24) is 19.9 Å². The molecule has 0 aliphatic carbocycles. The van der Waals surface area contributed by atoms with Crippen LogP contribution in [0.4, 0.5) is 0 Å². The van der Waals surface area contributed by atoms with E-state index in [0.717, 1.165) is 27.5 Å². The first kappa shape index (κ1) is 26.2. The molecule has 47 heavy (non-hydrogen) atoms. The Morgan fingerprint density at radius 3 is 2.00 bits per heavy atom. The zero-order valence-electron chi connectivity index (χ0n) is 25.1. The van der Waals surface area contributed by atoms with Gasteiger partial charge in [0.05, 0.1) is 4.70 Å². The van der Waals surface area contributed by atoms with Crippen molar-refractivity contribution in [1.29, 1.82) is 0 Å². The van der Waals surface area contributed by atoms with E-state index in [9.17, 15) is 0 Å². The van der Waals surface area contributed by atoms with E-state index in [1.54, 1.807) is 11.3 Å². The molecule has 10 rings (SSSR count). The molecular formula is C42H24N4S. The number of pyridine rings is 1. The molecule has 0 amide bonds. The van der Waals surface area contributed by atoms with Gasteiger partial charge in [-0.1, -0.05) is 115 Å². The number of benzene rings is 7. The second-order valence-corrected chi connectivity index (χ2v) is 12.9. The molecule has 0 aliphatic heterocycles. The molecular weight excluding hydrogens is 593 g/mol. The Bertz CT molecular complexity index is 2860. The summed E-state index contributed by atoms with van der Waals surface area (Å²) in [5.41, 5.74) is 2.90. The van der Waals surface area contributed by atoms with Crippen molar-refractivity contribution < 1.29 is 0 Å². The minimum Gasteiger partial charge on any atom is -0.263 e. The van der Waals surface area contributed by atoms with Gasteiger partial charge in [-0.25, -0.2) is 15.0 Å². The minimum absolute atomic E-state index is 0.651.